The fourth-order valence-electron chi connectivity index (χ4n) is 8.33. The molecule has 0 aromatic heterocycles. The van der Waals surface area contributed by atoms with E-state index in [2.05, 4.69) is 54.8 Å². The second kappa shape index (κ2) is 15.6. The van der Waals surface area contributed by atoms with Crippen LogP contribution in [-0.2, 0) is 30.4 Å². The Morgan fingerprint density at radius 1 is 0.762 bits per heavy atom. The molecule has 0 saturated carbocycles. The van der Waals surface area contributed by atoms with Gasteiger partial charge in [-0.3, -0.25) is 9.80 Å². The largest absolute Gasteiger partial charge is 0.507 e. The lowest BCUT2D eigenvalue weighted by molar-refractivity contribution is 0.0476. The highest BCUT2D eigenvalue weighted by Crippen LogP contribution is 2.41. The summed E-state index contributed by atoms with van der Waals surface area (Å²) in [7, 11) is 1.69. The first kappa shape index (κ1) is 33.5. The van der Waals surface area contributed by atoms with Crippen molar-refractivity contribution in [2.45, 2.75) is 104 Å². The quantitative estimate of drug-likeness (QED) is 0.241. The minimum absolute atomic E-state index is 0. The molecule has 2 saturated heterocycles. The number of hydrogen-bond acceptors (Lipinski definition) is 5. The normalized spacial score (nSPS) is 25.1. The van der Waals surface area contributed by atoms with Crippen LogP contribution in [0.2, 0.25) is 0 Å². The molecule has 42 heavy (non-hydrogen) atoms. The van der Waals surface area contributed by atoms with Gasteiger partial charge in [0.1, 0.15) is 11.5 Å². The average Bonchev–Trinajstić information content (AvgIpc) is 2.98. The summed E-state index contributed by atoms with van der Waals surface area (Å²) < 4.78 is 11.0. The lowest BCUT2D eigenvalue weighted by atomic mass is 9.74. The van der Waals surface area contributed by atoms with Crippen LogP contribution in [0.4, 0.5) is 0 Å². The van der Waals surface area contributed by atoms with Crippen LogP contribution in [0.1, 0.15) is 85.8 Å². The summed E-state index contributed by atoms with van der Waals surface area (Å²) in [6, 6.07) is 10.3. The van der Waals surface area contributed by atoms with Gasteiger partial charge in [-0.2, -0.15) is 0 Å². The predicted molar refractivity (Wildman–Crippen MR) is 184 cm³/mol. The van der Waals surface area contributed by atoms with Gasteiger partial charge in [0, 0.05) is 19.2 Å². The molecule has 0 amide bonds. The summed E-state index contributed by atoms with van der Waals surface area (Å²) in [4.78, 5) is 5.42. The number of ether oxygens (including phenoxy) is 2. The Morgan fingerprint density at radius 2 is 1.29 bits per heavy atom. The van der Waals surface area contributed by atoms with Gasteiger partial charge in [0.25, 0.3) is 0 Å². The van der Waals surface area contributed by atoms with E-state index in [9.17, 15) is 5.11 Å². The molecule has 2 aliphatic carbocycles. The van der Waals surface area contributed by atoms with Gasteiger partial charge in [0.2, 0.25) is 0 Å². The van der Waals surface area contributed by atoms with Gasteiger partial charge in [0.15, 0.2) is 6.79 Å². The summed E-state index contributed by atoms with van der Waals surface area (Å²) in [6.07, 6.45) is 12.4. The van der Waals surface area contributed by atoms with Crippen LogP contribution in [0.5, 0.6) is 11.5 Å². The zero-order chi connectivity index (χ0) is 28.9. The van der Waals surface area contributed by atoms with Crippen molar-refractivity contribution in [2.75, 3.05) is 40.1 Å². The number of piperidine rings is 2. The van der Waals surface area contributed by atoms with E-state index in [1.807, 2.05) is 6.92 Å². The predicted octanol–water partition coefficient (Wildman–Crippen LogP) is 7.47. The van der Waals surface area contributed by atoms with Gasteiger partial charge in [-0.25, -0.2) is 0 Å². The van der Waals surface area contributed by atoms with Crippen molar-refractivity contribution in [3.63, 3.8) is 0 Å². The van der Waals surface area contributed by atoms with Gasteiger partial charge in [0.05, 0.1) is 0 Å². The highest BCUT2D eigenvalue weighted by Gasteiger charge is 2.37. The molecule has 1 N–H and O–H groups in total. The molecule has 2 aliphatic heterocycles. The summed E-state index contributed by atoms with van der Waals surface area (Å²) in [6.45, 7) is 14.1. The minimum Gasteiger partial charge on any atom is -0.507 e. The number of methoxy groups -OCH3 is 1. The lowest BCUT2D eigenvalue weighted by Gasteiger charge is -2.45. The first-order valence-corrected chi connectivity index (χ1v) is 16.5. The van der Waals surface area contributed by atoms with Gasteiger partial charge in [-0.1, -0.05) is 38.1 Å². The summed E-state index contributed by atoms with van der Waals surface area (Å²) in [5.41, 5.74) is 7.80. The molecule has 0 unspecified atom stereocenters. The Balaban J connectivity index is 0.000000190. The maximum atomic E-state index is 10.3. The van der Waals surface area contributed by atoms with Gasteiger partial charge in [-0.15, -0.1) is 24.0 Å². The van der Waals surface area contributed by atoms with E-state index in [4.69, 9.17) is 9.47 Å². The Bertz CT molecular complexity index is 1170. The molecule has 0 spiro atoms. The minimum atomic E-state index is 0. The molecule has 2 fully saturated rings. The number of likely N-dealkylation sites (tertiary alicyclic amines) is 2. The molecule has 2 aromatic rings. The third-order valence-electron chi connectivity index (χ3n) is 10.3. The van der Waals surface area contributed by atoms with Gasteiger partial charge in [-0.05, 0) is 149 Å². The summed E-state index contributed by atoms with van der Waals surface area (Å²) in [5.74, 6) is 3.17. The number of phenolic OH excluding ortho intramolecular Hbond substituents is 1. The van der Waals surface area contributed by atoms with Crippen LogP contribution in [0.25, 0.3) is 0 Å². The second-order valence-electron chi connectivity index (χ2n) is 13.1. The zero-order valence-corrected chi connectivity index (χ0v) is 29.1. The Hall–Kier alpha value is -1.35. The van der Waals surface area contributed by atoms with Crippen molar-refractivity contribution in [3.8, 4) is 11.5 Å². The van der Waals surface area contributed by atoms with Crippen molar-refractivity contribution < 1.29 is 14.6 Å². The maximum absolute atomic E-state index is 10.3. The number of aryl methyl sites for hydroxylation is 2. The fourth-order valence-corrected chi connectivity index (χ4v) is 8.33. The number of phenols is 1. The zero-order valence-electron chi connectivity index (χ0n) is 26.8. The molecule has 6 rings (SSSR count). The summed E-state index contributed by atoms with van der Waals surface area (Å²) in [5, 5.41) is 10.3. The molecule has 6 heteroatoms. The molecule has 4 aliphatic rings. The number of halogens is 1. The molecular weight excluding hydrogens is 635 g/mol. The molecule has 5 nitrogen and oxygen atoms in total. The second-order valence-corrected chi connectivity index (χ2v) is 13.1. The molecular formula is C36H55IN2O3. The Kier molecular flexibility index (Phi) is 12.4. The first-order chi connectivity index (χ1) is 19.9. The lowest BCUT2D eigenvalue weighted by Crippen LogP contribution is -2.49. The van der Waals surface area contributed by atoms with Crippen molar-refractivity contribution in [2.24, 2.45) is 11.8 Å². The first-order valence-electron chi connectivity index (χ1n) is 16.5. The number of aromatic hydroxyl groups is 1. The van der Waals surface area contributed by atoms with Crippen LogP contribution in [0, 0.1) is 25.7 Å². The number of nitrogens with zero attached hydrogens (tertiary/aromatic N) is 2. The number of rotatable bonds is 7. The number of hydrogen-bond donors (Lipinski definition) is 1. The number of fused-ring (bicyclic) bond motifs is 4. The maximum Gasteiger partial charge on any atom is 0.188 e. The van der Waals surface area contributed by atoms with Crippen LogP contribution >= 0.6 is 24.0 Å². The SMILES string of the molecule is CCCN1CCC[C@@H]2Cc3c(ccc(C)c3O)C[C@H]21.CCCN1CCC[C@@H]2Cc3c(ccc(C)c3OCOC)C[C@H]21.I. The van der Waals surface area contributed by atoms with Crippen molar-refractivity contribution in [1.29, 1.82) is 0 Å². The molecule has 0 bridgehead atoms. The third kappa shape index (κ3) is 7.30. The van der Waals surface area contributed by atoms with Gasteiger partial charge < -0.3 is 14.6 Å². The summed E-state index contributed by atoms with van der Waals surface area (Å²) >= 11 is 0. The third-order valence-corrected chi connectivity index (χ3v) is 10.3. The van der Waals surface area contributed by atoms with E-state index in [0.29, 0.717) is 18.6 Å². The van der Waals surface area contributed by atoms with Gasteiger partial charge >= 0.3 is 0 Å². The van der Waals surface area contributed by atoms with Crippen LogP contribution in [0.15, 0.2) is 24.3 Å². The highest BCUT2D eigenvalue weighted by molar-refractivity contribution is 14.0. The molecule has 234 valence electrons. The molecule has 0 radical (unpaired) electrons. The molecule has 4 atom stereocenters. The van der Waals surface area contributed by atoms with E-state index in [1.54, 1.807) is 7.11 Å². The van der Waals surface area contributed by atoms with E-state index in [-0.39, 0.29) is 24.0 Å². The van der Waals surface area contributed by atoms with E-state index in [0.717, 1.165) is 42.0 Å². The fraction of sp³-hybridized carbons (Fsp3) is 0.667. The topological polar surface area (TPSA) is 45.2 Å². The number of benzene rings is 2. The van der Waals surface area contributed by atoms with Crippen molar-refractivity contribution in [1.82, 2.24) is 9.80 Å². The molecule has 2 heterocycles. The Morgan fingerprint density at radius 3 is 1.83 bits per heavy atom. The molecule has 2 aromatic carbocycles. The highest BCUT2D eigenvalue weighted by atomic mass is 127. The van der Waals surface area contributed by atoms with E-state index < -0.39 is 0 Å². The monoisotopic (exact) mass is 690 g/mol. The smallest absolute Gasteiger partial charge is 0.188 e. The van der Waals surface area contributed by atoms with Crippen LogP contribution in [-0.4, -0.2) is 67.1 Å². The van der Waals surface area contributed by atoms with Crippen LogP contribution in [0.3, 0.4) is 0 Å². The van der Waals surface area contributed by atoms with Crippen molar-refractivity contribution in [3.05, 3.63) is 57.6 Å². The van der Waals surface area contributed by atoms with E-state index >= 15 is 0 Å². The Labute approximate surface area is 272 Å². The average molecular weight is 691 g/mol. The van der Waals surface area contributed by atoms with Crippen molar-refractivity contribution >= 4 is 24.0 Å². The van der Waals surface area contributed by atoms with Crippen LogP contribution < -0.4 is 4.74 Å². The van der Waals surface area contributed by atoms with E-state index in [1.165, 1.54) is 105 Å². The standard InChI is InChI=1S/C19H29NO2.C17H25NO.HI/c1-4-9-20-10-5-6-16-11-17-15(12-18(16)20)8-7-14(2)19(17)22-13-21-3;1-3-8-18-9-4-5-14-10-15-13(11-16(14)18)7-6-12(2)17(15)19;/h7-8,16,18H,4-6,9-13H2,1-3H3;6-7,14,16,19H,3-5,8-11H2,1-2H3;1H/t16-,18-;14-,16-;/m11./s1.